The molecule has 0 spiro atoms. The molecule has 1 aliphatic carbocycles. The van der Waals surface area contributed by atoms with Crippen molar-refractivity contribution in [3.05, 3.63) is 0 Å². The van der Waals surface area contributed by atoms with E-state index in [4.69, 9.17) is 0 Å². The van der Waals surface area contributed by atoms with Gasteiger partial charge in [0.1, 0.15) is 0 Å². The summed E-state index contributed by atoms with van der Waals surface area (Å²) in [6.07, 6.45) is 7.60. The summed E-state index contributed by atoms with van der Waals surface area (Å²) < 4.78 is 0. The fraction of sp³-hybridized carbons (Fsp3) is 1.00. The van der Waals surface area contributed by atoms with Crippen molar-refractivity contribution in [2.45, 2.75) is 38.1 Å². The molecule has 1 saturated carbocycles. The van der Waals surface area contributed by atoms with Crippen LogP contribution < -0.4 is 0 Å². The summed E-state index contributed by atoms with van der Waals surface area (Å²) in [6.45, 7) is 2.88. The molecular formula is C10H17N. The lowest BCUT2D eigenvalue weighted by molar-refractivity contribution is 0.149. The van der Waals surface area contributed by atoms with Crippen molar-refractivity contribution in [2.75, 3.05) is 13.1 Å². The number of nitrogens with zero attached hydrogens (tertiary/aromatic N) is 1. The summed E-state index contributed by atoms with van der Waals surface area (Å²) in [5.41, 5.74) is 0. The monoisotopic (exact) mass is 151 g/mol. The Kier molecular flexibility index (Phi) is 1.31. The normalized spacial score (nSPS) is 54.5. The van der Waals surface area contributed by atoms with Crippen LogP contribution in [0.2, 0.25) is 0 Å². The van der Waals surface area contributed by atoms with E-state index in [1.54, 1.807) is 6.42 Å². The molecule has 0 amide bonds. The third-order valence-electron chi connectivity index (χ3n) is 4.11. The van der Waals surface area contributed by atoms with E-state index in [1.807, 2.05) is 0 Å². The van der Waals surface area contributed by atoms with E-state index in [2.05, 4.69) is 4.90 Å². The second kappa shape index (κ2) is 2.22. The number of fused-ring (bicyclic) bond motifs is 5. The van der Waals surface area contributed by atoms with Gasteiger partial charge in [-0.25, -0.2) is 0 Å². The Morgan fingerprint density at radius 2 is 1.91 bits per heavy atom. The van der Waals surface area contributed by atoms with Gasteiger partial charge in [0.15, 0.2) is 0 Å². The summed E-state index contributed by atoms with van der Waals surface area (Å²) in [5.74, 6) is 2.23. The molecule has 0 aromatic carbocycles. The Morgan fingerprint density at radius 3 is 2.82 bits per heavy atom. The van der Waals surface area contributed by atoms with Crippen molar-refractivity contribution in [1.82, 2.24) is 4.90 Å². The van der Waals surface area contributed by atoms with E-state index in [9.17, 15) is 0 Å². The maximum atomic E-state index is 2.76. The first-order chi connectivity index (χ1) is 5.45. The number of hydrogen-bond acceptors (Lipinski definition) is 1. The first-order valence-corrected chi connectivity index (χ1v) is 5.19. The lowest BCUT2D eigenvalue weighted by atomic mass is 9.77. The van der Waals surface area contributed by atoms with Gasteiger partial charge < -0.3 is 0 Å². The quantitative estimate of drug-likeness (QED) is 0.511. The van der Waals surface area contributed by atoms with Crippen LogP contribution in [0.4, 0.5) is 0 Å². The highest BCUT2D eigenvalue weighted by molar-refractivity contribution is 4.99. The van der Waals surface area contributed by atoms with Crippen LogP contribution in [0, 0.1) is 11.8 Å². The van der Waals surface area contributed by atoms with Crippen molar-refractivity contribution in [3.8, 4) is 0 Å². The van der Waals surface area contributed by atoms with Crippen molar-refractivity contribution in [2.24, 2.45) is 11.8 Å². The lowest BCUT2D eigenvalue weighted by Gasteiger charge is -2.35. The molecule has 0 aromatic heterocycles. The first-order valence-electron chi connectivity index (χ1n) is 5.19. The van der Waals surface area contributed by atoms with E-state index in [0.29, 0.717) is 0 Å². The van der Waals surface area contributed by atoms with Gasteiger partial charge in [0, 0.05) is 12.6 Å². The Labute approximate surface area is 68.8 Å². The molecule has 0 N–H and O–H groups in total. The fourth-order valence-corrected chi connectivity index (χ4v) is 3.61. The molecule has 1 nitrogen and oxygen atoms in total. The molecular weight excluding hydrogens is 134 g/mol. The van der Waals surface area contributed by atoms with E-state index in [1.165, 1.54) is 38.8 Å². The highest BCUT2D eigenvalue weighted by Gasteiger charge is 2.46. The Bertz CT molecular complexity index is 148. The van der Waals surface area contributed by atoms with Crippen LogP contribution in [-0.4, -0.2) is 24.0 Å². The summed E-state index contributed by atoms with van der Waals surface area (Å²) in [4.78, 5) is 2.76. The predicted octanol–water partition coefficient (Wildman–Crippen LogP) is 1.88. The molecule has 0 radical (unpaired) electrons. The molecule has 11 heavy (non-hydrogen) atoms. The largest absolute Gasteiger partial charge is 0.300 e. The number of hydrogen-bond donors (Lipinski definition) is 0. The van der Waals surface area contributed by atoms with Gasteiger partial charge in [0.2, 0.25) is 0 Å². The molecule has 1 heteroatoms. The number of piperidine rings is 1. The minimum Gasteiger partial charge on any atom is -0.300 e. The minimum absolute atomic E-state index is 1.03. The molecule has 4 unspecified atom stereocenters. The van der Waals surface area contributed by atoms with Crippen LogP contribution in [0.5, 0.6) is 0 Å². The van der Waals surface area contributed by atoms with Gasteiger partial charge in [-0.05, 0) is 37.6 Å². The zero-order valence-corrected chi connectivity index (χ0v) is 7.13. The van der Waals surface area contributed by atoms with E-state index in [-0.39, 0.29) is 0 Å². The summed E-state index contributed by atoms with van der Waals surface area (Å²) >= 11 is 0. The molecule has 0 aromatic rings. The van der Waals surface area contributed by atoms with E-state index < -0.39 is 0 Å². The van der Waals surface area contributed by atoms with Crippen LogP contribution in [0.1, 0.15) is 32.1 Å². The topological polar surface area (TPSA) is 3.24 Å². The van der Waals surface area contributed by atoms with Gasteiger partial charge in [-0.1, -0.05) is 12.8 Å². The van der Waals surface area contributed by atoms with Crippen LogP contribution in [0.15, 0.2) is 0 Å². The van der Waals surface area contributed by atoms with E-state index >= 15 is 0 Å². The highest BCUT2D eigenvalue weighted by Crippen LogP contribution is 2.45. The van der Waals surface area contributed by atoms with E-state index in [0.717, 1.165) is 17.9 Å². The summed E-state index contributed by atoms with van der Waals surface area (Å²) in [7, 11) is 0. The molecule has 3 fully saturated rings. The molecule has 4 atom stereocenters. The maximum absolute atomic E-state index is 2.76. The SMILES string of the molecule is C1CCC2C(C1)C1CCN2C1. The highest BCUT2D eigenvalue weighted by atomic mass is 15.2. The second-order valence-corrected chi connectivity index (χ2v) is 4.56. The molecule has 3 aliphatic rings. The van der Waals surface area contributed by atoms with Crippen LogP contribution in [0.25, 0.3) is 0 Å². The lowest BCUT2D eigenvalue weighted by Crippen LogP contribution is -2.37. The van der Waals surface area contributed by atoms with Crippen molar-refractivity contribution < 1.29 is 0 Å². The van der Waals surface area contributed by atoms with Crippen LogP contribution in [-0.2, 0) is 0 Å². The standard InChI is InChI=1S/C10H17N/c1-2-4-10-9(3-1)8-5-6-11(10)7-8/h8-10H,1-7H2. The maximum Gasteiger partial charge on any atom is 0.0127 e. The van der Waals surface area contributed by atoms with Gasteiger partial charge in [0.05, 0.1) is 0 Å². The average Bonchev–Trinajstić information content (AvgIpc) is 2.64. The van der Waals surface area contributed by atoms with Crippen molar-refractivity contribution in [1.29, 1.82) is 0 Å². The smallest absolute Gasteiger partial charge is 0.0127 e. The average molecular weight is 151 g/mol. The minimum atomic E-state index is 1.03. The summed E-state index contributed by atoms with van der Waals surface area (Å²) in [5, 5.41) is 0. The zero-order chi connectivity index (χ0) is 7.26. The molecule has 2 heterocycles. The first kappa shape index (κ1) is 6.47. The summed E-state index contributed by atoms with van der Waals surface area (Å²) in [6, 6.07) is 1.03. The third-order valence-corrected chi connectivity index (χ3v) is 4.11. The number of rotatable bonds is 0. The van der Waals surface area contributed by atoms with Crippen LogP contribution >= 0.6 is 0 Å². The van der Waals surface area contributed by atoms with Gasteiger partial charge in [-0.2, -0.15) is 0 Å². The molecule has 2 bridgehead atoms. The Morgan fingerprint density at radius 1 is 1.00 bits per heavy atom. The molecule has 2 aliphatic heterocycles. The zero-order valence-electron chi connectivity index (χ0n) is 7.13. The fourth-order valence-electron chi connectivity index (χ4n) is 3.61. The van der Waals surface area contributed by atoms with Gasteiger partial charge >= 0.3 is 0 Å². The van der Waals surface area contributed by atoms with Gasteiger partial charge in [-0.15, -0.1) is 0 Å². The Balaban J connectivity index is 1.84. The molecule has 62 valence electrons. The van der Waals surface area contributed by atoms with Gasteiger partial charge in [-0.3, -0.25) is 4.90 Å². The predicted molar refractivity (Wildman–Crippen MR) is 45.4 cm³/mol. The second-order valence-electron chi connectivity index (χ2n) is 4.56. The molecule has 2 saturated heterocycles. The molecule has 3 rings (SSSR count). The third kappa shape index (κ3) is 0.807. The van der Waals surface area contributed by atoms with Crippen molar-refractivity contribution >= 4 is 0 Å². The van der Waals surface area contributed by atoms with Crippen molar-refractivity contribution in [3.63, 3.8) is 0 Å². The van der Waals surface area contributed by atoms with Gasteiger partial charge in [0.25, 0.3) is 0 Å². The Hall–Kier alpha value is -0.0400. The van der Waals surface area contributed by atoms with Crippen LogP contribution in [0.3, 0.4) is 0 Å².